The third kappa shape index (κ3) is 7.27. The van der Waals surface area contributed by atoms with Crippen molar-refractivity contribution in [2.45, 2.75) is 65.3 Å². The SMILES string of the molecule is C.CC(C)(N)C(=O)N[C@H](COCc1ccccc1)c1nnc2cccc(COC(=O)N3CCCCC3)n12. The van der Waals surface area contributed by atoms with Gasteiger partial charge in [-0.15, -0.1) is 10.2 Å². The minimum absolute atomic E-state index is 0. The zero-order valence-corrected chi connectivity index (χ0v) is 20.9. The van der Waals surface area contributed by atoms with Crippen molar-refractivity contribution in [2.24, 2.45) is 5.73 Å². The topological polar surface area (TPSA) is 124 Å². The Kier molecular flexibility index (Phi) is 9.60. The molecule has 1 aliphatic heterocycles. The second kappa shape index (κ2) is 12.6. The van der Waals surface area contributed by atoms with Crippen LogP contribution in [0.2, 0.25) is 0 Å². The summed E-state index contributed by atoms with van der Waals surface area (Å²) in [5.41, 5.74) is 7.22. The van der Waals surface area contributed by atoms with E-state index in [0.29, 0.717) is 36.9 Å². The first kappa shape index (κ1) is 28.1. The lowest BCUT2D eigenvalue weighted by Crippen LogP contribution is -2.51. The van der Waals surface area contributed by atoms with Gasteiger partial charge in [0.25, 0.3) is 0 Å². The first-order valence-electron chi connectivity index (χ1n) is 12.3. The van der Waals surface area contributed by atoms with Gasteiger partial charge >= 0.3 is 6.09 Å². The van der Waals surface area contributed by atoms with Crippen molar-refractivity contribution in [2.75, 3.05) is 19.7 Å². The molecule has 1 fully saturated rings. The normalized spacial score (nSPS) is 14.6. The van der Waals surface area contributed by atoms with Crippen LogP contribution >= 0.6 is 0 Å². The smallest absolute Gasteiger partial charge is 0.410 e. The van der Waals surface area contributed by atoms with Gasteiger partial charge in [0.05, 0.1) is 24.4 Å². The fraction of sp³-hybridized carbons (Fsp3) is 0.481. The van der Waals surface area contributed by atoms with E-state index in [4.69, 9.17) is 15.2 Å². The molecule has 3 aromatic rings. The van der Waals surface area contributed by atoms with Crippen molar-refractivity contribution in [1.82, 2.24) is 24.8 Å². The molecule has 0 unspecified atom stereocenters. The molecule has 0 saturated carbocycles. The minimum atomic E-state index is -1.09. The quantitative estimate of drug-likeness (QED) is 0.451. The molecule has 1 aromatic carbocycles. The summed E-state index contributed by atoms with van der Waals surface area (Å²) in [6, 6.07) is 14.6. The highest BCUT2D eigenvalue weighted by molar-refractivity contribution is 5.85. The summed E-state index contributed by atoms with van der Waals surface area (Å²) in [7, 11) is 0. The van der Waals surface area contributed by atoms with E-state index in [9.17, 15) is 9.59 Å². The molecule has 4 rings (SSSR count). The highest BCUT2D eigenvalue weighted by Gasteiger charge is 2.29. The summed E-state index contributed by atoms with van der Waals surface area (Å²) in [4.78, 5) is 27.1. The van der Waals surface area contributed by atoms with Crippen molar-refractivity contribution < 1.29 is 19.1 Å². The largest absolute Gasteiger partial charge is 0.443 e. The van der Waals surface area contributed by atoms with Crippen LogP contribution in [0.1, 0.15) is 63.7 Å². The molecule has 0 bridgehead atoms. The van der Waals surface area contributed by atoms with Crippen LogP contribution in [0.5, 0.6) is 0 Å². The van der Waals surface area contributed by atoms with E-state index in [0.717, 1.165) is 24.8 Å². The molecule has 3 N–H and O–H groups in total. The van der Waals surface area contributed by atoms with E-state index < -0.39 is 11.6 Å². The Morgan fingerprint density at radius 1 is 1.03 bits per heavy atom. The Balaban J connectivity index is 0.00000380. The van der Waals surface area contributed by atoms with Gasteiger partial charge in [-0.3, -0.25) is 9.20 Å². The zero-order chi connectivity index (χ0) is 25.5. The van der Waals surface area contributed by atoms with Crippen molar-refractivity contribution in [3.8, 4) is 0 Å². The van der Waals surface area contributed by atoms with E-state index in [2.05, 4.69) is 15.5 Å². The van der Waals surface area contributed by atoms with Crippen LogP contribution in [0.15, 0.2) is 48.5 Å². The Labute approximate surface area is 218 Å². The van der Waals surface area contributed by atoms with E-state index in [1.807, 2.05) is 48.5 Å². The Morgan fingerprint density at radius 2 is 1.76 bits per heavy atom. The van der Waals surface area contributed by atoms with Gasteiger partial charge in [-0.05, 0) is 50.8 Å². The molecular weight excluding hydrogens is 472 g/mol. The summed E-state index contributed by atoms with van der Waals surface area (Å²) in [6.45, 7) is 5.27. The number of hydrogen-bond donors (Lipinski definition) is 2. The zero-order valence-electron chi connectivity index (χ0n) is 20.9. The molecule has 10 nitrogen and oxygen atoms in total. The standard InChI is InChI=1S/C26H34N6O4.CH4/c1-26(2,27)24(33)28-21(18-35-16-19-10-5-3-6-11-19)23-30-29-22-13-9-12-20(32(22)23)17-36-25(34)31-14-7-4-8-15-31;/h3,5-6,9-13,21H,4,7-8,14-18,27H2,1-2H3,(H,28,33);1H4/t21-;/m1./s1. The average Bonchev–Trinajstić information content (AvgIpc) is 3.32. The summed E-state index contributed by atoms with van der Waals surface area (Å²) in [5.74, 6) is 0.127. The number of nitrogens with two attached hydrogens (primary N) is 1. The van der Waals surface area contributed by atoms with E-state index in [-0.39, 0.29) is 32.6 Å². The second-order valence-corrected chi connectivity index (χ2v) is 9.62. The molecule has 0 radical (unpaired) electrons. The fourth-order valence-electron chi connectivity index (χ4n) is 4.07. The third-order valence-electron chi connectivity index (χ3n) is 6.09. The van der Waals surface area contributed by atoms with Gasteiger partial charge in [0.1, 0.15) is 12.6 Å². The maximum atomic E-state index is 12.8. The van der Waals surface area contributed by atoms with E-state index >= 15 is 0 Å². The van der Waals surface area contributed by atoms with Crippen LogP contribution in [-0.2, 0) is 27.5 Å². The molecule has 2 aromatic heterocycles. The lowest BCUT2D eigenvalue weighted by molar-refractivity contribution is -0.126. The van der Waals surface area contributed by atoms with Crippen molar-refractivity contribution in [1.29, 1.82) is 0 Å². The third-order valence-corrected chi connectivity index (χ3v) is 6.09. The minimum Gasteiger partial charge on any atom is -0.443 e. The first-order chi connectivity index (χ1) is 17.3. The second-order valence-electron chi connectivity index (χ2n) is 9.62. The summed E-state index contributed by atoms with van der Waals surface area (Å²) < 4.78 is 13.4. The molecule has 37 heavy (non-hydrogen) atoms. The molecule has 1 saturated heterocycles. The number of nitrogens with one attached hydrogen (secondary N) is 1. The lowest BCUT2D eigenvalue weighted by atomic mass is 10.1. The van der Waals surface area contributed by atoms with Gasteiger partial charge < -0.3 is 25.4 Å². The molecule has 3 heterocycles. The molecule has 0 aliphatic carbocycles. The number of amides is 2. The van der Waals surface area contributed by atoms with Crippen LogP contribution in [0.25, 0.3) is 5.65 Å². The maximum Gasteiger partial charge on any atom is 0.410 e. The number of fused-ring (bicyclic) bond motifs is 1. The van der Waals surface area contributed by atoms with Crippen LogP contribution in [0.3, 0.4) is 0 Å². The Hall–Kier alpha value is -3.50. The predicted octanol–water partition coefficient (Wildman–Crippen LogP) is 3.60. The highest BCUT2D eigenvalue weighted by Crippen LogP contribution is 2.19. The van der Waals surface area contributed by atoms with E-state index in [1.165, 1.54) is 0 Å². The fourth-order valence-corrected chi connectivity index (χ4v) is 4.07. The number of ether oxygens (including phenoxy) is 2. The number of aromatic nitrogens is 3. The number of hydrogen-bond acceptors (Lipinski definition) is 7. The average molecular weight is 511 g/mol. The van der Waals surface area contributed by atoms with Crippen molar-refractivity contribution >= 4 is 17.6 Å². The number of rotatable bonds is 9. The monoisotopic (exact) mass is 510 g/mol. The van der Waals surface area contributed by atoms with Gasteiger partial charge in [0.15, 0.2) is 11.5 Å². The molecule has 10 heteroatoms. The Morgan fingerprint density at radius 3 is 2.46 bits per heavy atom. The number of carbonyl (C=O) groups excluding carboxylic acids is 2. The van der Waals surface area contributed by atoms with Crippen molar-refractivity contribution in [3.63, 3.8) is 0 Å². The van der Waals surface area contributed by atoms with Gasteiger partial charge in [0, 0.05) is 13.1 Å². The van der Waals surface area contributed by atoms with Gasteiger partial charge in [0.2, 0.25) is 5.91 Å². The molecule has 0 spiro atoms. The summed E-state index contributed by atoms with van der Waals surface area (Å²) in [5, 5.41) is 11.6. The number of piperidine rings is 1. The molecule has 1 aliphatic rings. The summed E-state index contributed by atoms with van der Waals surface area (Å²) >= 11 is 0. The first-order valence-corrected chi connectivity index (χ1v) is 12.3. The van der Waals surface area contributed by atoms with Gasteiger partial charge in [-0.25, -0.2) is 4.79 Å². The maximum absolute atomic E-state index is 12.8. The summed E-state index contributed by atoms with van der Waals surface area (Å²) in [6.07, 6.45) is 2.78. The highest BCUT2D eigenvalue weighted by atomic mass is 16.6. The van der Waals surface area contributed by atoms with E-state index in [1.54, 1.807) is 23.1 Å². The molecular formula is C27H38N6O4. The van der Waals surface area contributed by atoms with Crippen molar-refractivity contribution in [3.05, 3.63) is 65.6 Å². The van der Waals surface area contributed by atoms with Crippen LogP contribution < -0.4 is 11.1 Å². The van der Waals surface area contributed by atoms with Gasteiger partial charge in [-0.2, -0.15) is 0 Å². The van der Waals surface area contributed by atoms with Crippen LogP contribution in [0.4, 0.5) is 4.79 Å². The number of carbonyl (C=O) groups is 2. The molecule has 2 amide bonds. The lowest BCUT2D eigenvalue weighted by Gasteiger charge is -2.26. The molecule has 200 valence electrons. The number of pyridine rings is 1. The van der Waals surface area contributed by atoms with Gasteiger partial charge in [-0.1, -0.05) is 43.8 Å². The predicted molar refractivity (Wildman–Crippen MR) is 141 cm³/mol. The van der Waals surface area contributed by atoms with Crippen LogP contribution in [-0.4, -0.2) is 56.7 Å². The number of nitrogens with zero attached hydrogens (tertiary/aromatic N) is 4. The Bertz CT molecular complexity index is 1170. The molecule has 1 atom stereocenters. The number of likely N-dealkylation sites (tertiary alicyclic amines) is 1. The van der Waals surface area contributed by atoms with Crippen LogP contribution in [0, 0.1) is 0 Å². The number of benzene rings is 1.